The average molecular weight is 357 g/mol. The standard InChI is InChI=1S/C15H14F3N3O2S/c1-10-3-6-12(7-4-10)20-14(22)21-24(2,23)13-8-5-11(9-19-13)15(16,17)18/h3-9H,1-2H3,(H,20,22)/t24-/m1/s1. The van der Waals surface area contributed by atoms with Gasteiger partial charge in [0, 0.05) is 18.1 Å². The lowest BCUT2D eigenvalue weighted by Gasteiger charge is -2.08. The maximum absolute atomic E-state index is 12.5. The minimum absolute atomic E-state index is 0.199. The van der Waals surface area contributed by atoms with Crippen molar-refractivity contribution in [1.29, 1.82) is 0 Å². The molecule has 1 heterocycles. The first-order valence-electron chi connectivity index (χ1n) is 6.71. The van der Waals surface area contributed by atoms with Crippen molar-refractivity contribution in [2.75, 3.05) is 11.6 Å². The third-order valence-electron chi connectivity index (χ3n) is 3.01. The molecule has 2 amide bonds. The van der Waals surface area contributed by atoms with Gasteiger partial charge >= 0.3 is 12.2 Å². The number of aromatic nitrogens is 1. The third kappa shape index (κ3) is 4.54. The molecule has 24 heavy (non-hydrogen) atoms. The molecule has 2 rings (SSSR count). The second kappa shape index (κ2) is 6.60. The van der Waals surface area contributed by atoms with Gasteiger partial charge in [-0.2, -0.15) is 13.2 Å². The number of hydrogen-bond acceptors (Lipinski definition) is 3. The molecule has 128 valence electrons. The molecule has 0 fully saturated rings. The molecule has 1 N–H and O–H groups in total. The van der Waals surface area contributed by atoms with Crippen LogP contribution in [-0.4, -0.2) is 21.5 Å². The molecule has 0 unspecified atom stereocenters. The lowest BCUT2D eigenvalue weighted by Crippen LogP contribution is -2.12. The quantitative estimate of drug-likeness (QED) is 0.880. The first kappa shape index (κ1) is 17.9. The molecule has 0 radical (unpaired) electrons. The van der Waals surface area contributed by atoms with Gasteiger partial charge in [-0.05, 0) is 31.2 Å². The van der Waals surface area contributed by atoms with E-state index >= 15 is 0 Å². The Morgan fingerprint density at radius 3 is 2.29 bits per heavy atom. The lowest BCUT2D eigenvalue weighted by molar-refractivity contribution is -0.137. The summed E-state index contributed by atoms with van der Waals surface area (Å²) in [6.07, 6.45) is -2.84. The van der Waals surface area contributed by atoms with Crippen LogP contribution >= 0.6 is 0 Å². The third-order valence-corrected chi connectivity index (χ3v) is 4.54. The van der Waals surface area contributed by atoms with Gasteiger partial charge in [-0.3, -0.25) is 0 Å². The molecule has 0 aliphatic rings. The number of pyridine rings is 1. The molecule has 0 aliphatic heterocycles. The van der Waals surface area contributed by atoms with E-state index in [1.54, 1.807) is 24.3 Å². The zero-order chi connectivity index (χ0) is 18.0. The first-order chi connectivity index (χ1) is 11.1. The summed E-state index contributed by atoms with van der Waals surface area (Å²) >= 11 is 0. The van der Waals surface area contributed by atoms with Crippen LogP contribution in [0.2, 0.25) is 0 Å². The number of urea groups is 1. The Labute approximate surface area is 137 Å². The number of halogens is 3. The van der Waals surface area contributed by atoms with Crippen LogP contribution in [0.4, 0.5) is 23.7 Å². The van der Waals surface area contributed by atoms with Crippen molar-refractivity contribution in [2.24, 2.45) is 4.36 Å². The van der Waals surface area contributed by atoms with Gasteiger partial charge in [0.15, 0.2) is 0 Å². The van der Waals surface area contributed by atoms with Crippen LogP contribution in [0.5, 0.6) is 0 Å². The fraction of sp³-hybridized carbons (Fsp3) is 0.200. The van der Waals surface area contributed by atoms with Crippen LogP contribution in [0.3, 0.4) is 0 Å². The van der Waals surface area contributed by atoms with Crippen molar-refractivity contribution >= 4 is 21.4 Å². The van der Waals surface area contributed by atoms with Crippen LogP contribution in [0.15, 0.2) is 52.0 Å². The molecule has 5 nitrogen and oxygen atoms in total. The largest absolute Gasteiger partial charge is 0.417 e. The van der Waals surface area contributed by atoms with Crippen molar-refractivity contribution in [3.05, 3.63) is 53.7 Å². The number of hydrogen-bond donors (Lipinski definition) is 1. The zero-order valence-electron chi connectivity index (χ0n) is 12.8. The van der Waals surface area contributed by atoms with Crippen molar-refractivity contribution in [1.82, 2.24) is 4.98 Å². The number of rotatable bonds is 2. The summed E-state index contributed by atoms with van der Waals surface area (Å²) in [5.74, 6) is 0. The van der Waals surface area contributed by atoms with Gasteiger partial charge in [-0.25, -0.2) is 14.0 Å². The predicted molar refractivity (Wildman–Crippen MR) is 84.2 cm³/mol. The van der Waals surface area contributed by atoms with Crippen molar-refractivity contribution in [2.45, 2.75) is 18.1 Å². The van der Waals surface area contributed by atoms with E-state index in [1.807, 2.05) is 6.92 Å². The Kier molecular flexibility index (Phi) is 4.93. The lowest BCUT2D eigenvalue weighted by atomic mass is 10.2. The zero-order valence-corrected chi connectivity index (χ0v) is 13.6. The predicted octanol–water partition coefficient (Wildman–Crippen LogP) is 4.10. The van der Waals surface area contributed by atoms with Gasteiger partial charge < -0.3 is 5.32 Å². The number of aryl methyl sites for hydroxylation is 1. The number of anilines is 1. The summed E-state index contributed by atoms with van der Waals surface area (Å²) in [5.41, 5.74) is 0.494. The normalized spacial score (nSPS) is 13.9. The molecule has 0 spiro atoms. The van der Waals surface area contributed by atoms with E-state index in [0.717, 1.165) is 24.0 Å². The SMILES string of the molecule is Cc1ccc(NC(=O)N=[S@](C)(=O)c2ccc(C(F)(F)F)cn2)cc1. The van der Waals surface area contributed by atoms with E-state index in [-0.39, 0.29) is 5.03 Å². The minimum Gasteiger partial charge on any atom is -0.306 e. The van der Waals surface area contributed by atoms with Gasteiger partial charge in [0.1, 0.15) is 5.03 Å². The molecule has 0 bridgehead atoms. The molecule has 1 aromatic heterocycles. The Morgan fingerprint density at radius 1 is 1.17 bits per heavy atom. The fourth-order valence-corrected chi connectivity index (χ4v) is 2.78. The second-order valence-electron chi connectivity index (χ2n) is 5.07. The highest BCUT2D eigenvalue weighted by Gasteiger charge is 2.31. The fourth-order valence-electron chi connectivity index (χ4n) is 1.76. The molecule has 0 saturated heterocycles. The molecular weight excluding hydrogens is 343 g/mol. The van der Waals surface area contributed by atoms with Gasteiger partial charge in [0.2, 0.25) is 0 Å². The summed E-state index contributed by atoms with van der Waals surface area (Å²) in [4.78, 5) is 15.4. The highest BCUT2D eigenvalue weighted by molar-refractivity contribution is 7.93. The van der Waals surface area contributed by atoms with Crippen molar-refractivity contribution < 1.29 is 22.2 Å². The molecule has 0 aliphatic carbocycles. The second-order valence-corrected chi connectivity index (χ2v) is 7.28. The first-order valence-corrected chi connectivity index (χ1v) is 8.63. The van der Waals surface area contributed by atoms with Crippen LogP contribution in [0.1, 0.15) is 11.1 Å². The van der Waals surface area contributed by atoms with Crippen LogP contribution < -0.4 is 5.32 Å². The number of nitrogens with zero attached hydrogens (tertiary/aromatic N) is 2. The van der Waals surface area contributed by atoms with Gasteiger partial charge in [-0.15, -0.1) is 4.36 Å². The molecular formula is C15H14F3N3O2S. The molecule has 1 atom stereocenters. The summed E-state index contributed by atoms with van der Waals surface area (Å²) in [7, 11) is -3.27. The van der Waals surface area contributed by atoms with Crippen molar-refractivity contribution in [3.63, 3.8) is 0 Å². The van der Waals surface area contributed by atoms with E-state index in [9.17, 15) is 22.2 Å². The molecule has 2 aromatic rings. The van der Waals surface area contributed by atoms with Crippen LogP contribution in [-0.2, 0) is 15.9 Å². The summed E-state index contributed by atoms with van der Waals surface area (Å²) in [6.45, 7) is 1.88. The van der Waals surface area contributed by atoms with Gasteiger partial charge in [0.25, 0.3) is 0 Å². The summed E-state index contributed by atoms with van der Waals surface area (Å²) in [6, 6.07) is 7.68. The Bertz CT molecular complexity index is 853. The number of benzene rings is 1. The van der Waals surface area contributed by atoms with Gasteiger partial charge in [-0.1, -0.05) is 17.7 Å². The highest BCUT2D eigenvalue weighted by Crippen LogP contribution is 2.28. The molecule has 0 saturated carbocycles. The van der Waals surface area contributed by atoms with Crippen LogP contribution in [0.25, 0.3) is 0 Å². The topological polar surface area (TPSA) is 71.4 Å². The number of carbonyl (C=O) groups is 1. The Balaban J connectivity index is 2.22. The molecule has 1 aromatic carbocycles. The van der Waals surface area contributed by atoms with Crippen LogP contribution in [0, 0.1) is 6.92 Å². The molecule has 9 heteroatoms. The van der Waals surface area contributed by atoms with E-state index in [0.29, 0.717) is 11.9 Å². The smallest absolute Gasteiger partial charge is 0.306 e. The van der Waals surface area contributed by atoms with Crippen molar-refractivity contribution in [3.8, 4) is 0 Å². The highest BCUT2D eigenvalue weighted by atomic mass is 32.2. The van der Waals surface area contributed by atoms with E-state index in [4.69, 9.17) is 0 Å². The summed E-state index contributed by atoms with van der Waals surface area (Å²) < 4.78 is 53.4. The number of nitrogens with one attached hydrogen (secondary N) is 1. The maximum atomic E-state index is 12.5. The number of carbonyl (C=O) groups excluding carboxylic acids is 1. The van der Waals surface area contributed by atoms with E-state index in [2.05, 4.69) is 14.7 Å². The number of alkyl halides is 3. The van der Waals surface area contributed by atoms with E-state index < -0.39 is 27.5 Å². The minimum atomic E-state index is -4.54. The Morgan fingerprint density at radius 2 is 1.79 bits per heavy atom. The monoisotopic (exact) mass is 357 g/mol. The van der Waals surface area contributed by atoms with Gasteiger partial charge in [0.05, 0.1) is 15.3 Å². The Hall–Kier alpha value is -2.42. The maximum Gasteiger partial charge on any atom is 0.417 e. The average Bonchev–Trinajstić information content (AvgIpc) is 2.48. The number of amides is 2. The van der Waals surface area contributed by atoms with E-state index in [1.165, 1.54) is 0 Å². The summed E-state index contributed by atoms with van der Waals surface area (Å²) in [5, 5.41) is 2.24.